The molecule has 1 spiro atoms. The number of piperidine rings is 1. The molecule has 1 amide bonds. The highest BCUT2D eigenvalue weighted by Crippen LogP contribution is 2.47. The number of para-hydroxylation sites is 1. The van der Waals surface area contributed by atoms with Crippen LogP contribution in [0.15, 0.2) is 59.8 Å². The average molecular weight is 375 g/mol. The topological polar surface area (TPSA) is 45.1 Å². The number of benzene rings is 2. The van der Waals surface area contributed by atoms with Crippen molar-refractivity contribution in [3.8, 4) is 0 Å². The summed E-state index contributed by atoms with van der Waals surface area (Å²) in [4.78, 5) is 23.0. The lowest BCUT2D eigenvalue weighted by atomic mass is 9.73. The molecule has 2 aromatic rings. The SMILES string of the molecule is CN1C(=O)C2(CCN(C[C@H]3CC(c4ccccc4)=NO3)CC2)c2ccccc21. The Morgan fingerprint density at radius 1 is 1.07 bits per heavy atom. The Morgan fingerprint density at radius 3 is 2.57 bits per heavy atom. The van der Waals surface area contributed by atoms with Crippen LogP contribution < -0.4 is 4.90 Å². The number of carbonyl (C=O) groups excluding carboxylic acids is 1. The maximum absolute atomic E-state index is 13.1. The third kappa shape index (κ3) is 2.73. The molecule has 5 heteroatoms. The number of hydrogen-bond donors (Lipinski definition) is 0. The third-order valence-electron chi connectivity index (χ3n) is 6.51. The molecule has 0 saturated carbocycles. The number of amides is 1. The first kappa shape index (κ1) is 17.4. The van der Waals surface area contributed by atoms with Gasteiger partial charge in [-0.25, -0.2) is 0 Å². The summed E-state index contributed by atoms with van der Waals surface area (Å²) in [7, 11) is 1.90. The smallest absolute Gasteiger partial charge is 0.237 e. The molecule has 1 saturated heterocycles. The Labute approximate surface area is 165 Å². The van der Waals surface area contributed by atoms with E-state index in [0.717, 1.165) is 55.9 Å². The molecular weight excluding hydrogens is 350 g/mol. The number of likely N-dealkylation sites (N-methyl/N-ethyl adjacent to an activating group) is 1. The molecule has 3 heterocycles. The van der Waals surface area contributed by atoms with Crippen molar-refractivity contribution in [1.29, 1.82) is 0 Å². The van der Waals surface area contributed by atoms with Crippen LogP contribution in [-0.4, -0.2) is 49.3 Å². The predicted octanol–water partition coefficient (Wildman–Crippen LogP) is 3.19. The van der Waals surface area contributed by atoms with Crippen molar-refractivity contribution in [2.75, 3.05) is 31.6 Å². The first-order valence-electron chi connectivity index (χ1n) is 10.1. The first-order chi connectivity index (χ1) is 13.7. The van der Waals surface area contributed by atoms with Gasteiger partial charge in [-0.2, -0.15) is 0 Å². The van der Waals surface area contributed by atoms with Crippen LogP contribution in [0.25, 0.3) is 0 Å². The highest BCUT2D eigenvalue weighted by Gasteiger charge is 2.50. The predicted molar refractivity (Wildman–Crippen MR) is 110 cm³/mol. The van der Waals surface area contributed by atoms with E-state index in [0.29, 0.717) is 0 Å². The van der Waals surface area contributed by atoms with E-state index in [1.807, 2.05) is 42.3 Å². The number of anilines is 1. The normalized spacial score (nSPS) is 23.6. The Hall–Kier alpha value is -2.66. The summed E-state index contributed by atoms with van der Waals surface area (Å²) < 4.78 is 0. The Morgan fingerprint density at radius 2 is 1.79 bits per heavy atom. The molecule has 1 fully saturated rings. The summed E-state index contributed by atoms with van der Waals surface area (Å²) in [6.45, 7) is 2.68. The zero-order valence-corrected chi connectivity index (χ0v) is 16.2. The fourth-order valence-electron chi connectivity index (χ4n) is 4.93. The van der Waals surface area contributed by atoms with Gasteiger partial charge in [-0.15, -0.1) is 0 Å². The zero-order valence-electron chi connectivity index (χ0n) is 16.2. The molecule has 28 heavy (non-hydrogen) atoms. The number of fused-ring (bicyclic) bond motifs is 2. The van der Waals surface area contributed by atoms with Crippen LogP contribution in [0, 0.1) is 0 Å². The lowest BCUT2D eigenvalue weighted by Crippen LogP contribution is -2.49. The monoisotopic (exact) mass is 375 g/mol. The standard InChI is InChI=1S/C23H25N3O2/c1-25-21-10-6-5-9-19(21)23(22(25)27)11-13-26(14-12-23)16-18-15-20(24-28-18)17-7-3-2-4-8-17/h2-10,18H,11-16H2,1H3/t18-/m1/s1. The number of likely N-dealkylation sites (tertiary alicyclic amines) is 1. The van der Waals surface area contributed by atoms with Gasteiger partial charge in [0, 0.05) is 25.7 Å². The highest BCUT2D eigenvalue weighted by atomic mass is 16.6. The van der Waals surface area contributed by atoms with Crippen molar-refractivity contribution in [2.45, 2.75) is 30.8 Å². The van der Waals surface area contributed by atoms with E-state index in [-0.39, 0.29) is 17.4 Å². The maximum Gasteiger partial charge on any atom is 0.237 e. The minimum absolute atomic E-state index is 0.0958. The molecule has 5 rings (SSSR count). The summed E-state index contributed by atoms with van der Waals surface area (Å²) in [5.74, 6) is 0.250. The molecule has 0 N–H and O–H groups in total. The second-order valence-corrected chi connectivity index (χ2v) is 8.10. The summed E-state index contributed by atoms with van der Waals surface area (Å²) in [6.07, 6.45) is 2.67. The summed E-state index contributed by atoms with van der Waals surface area (Å²) in [5, 5.41) is 4.30. The second kappa shape index (κ2) is 6.74. The fraction of sp³-hybridized carbons (Fsp3) is 0.391. The first-order valence-corrected chi connectivity index (χ1v) is 10.1. The van der Waals surface area contributed by atoms with E-state index < -0.39 is 0 Å². The largest absolute Gasteiger partial charge is 0.390 e. The highest BCUT2D eigenvalue weighted by molar-refractivity contribution is 6.07. The van der Waals surface area contributed by atoms with E-state index in [2.05, 4.69) is 34.3 Å². The van der Waals surface area contributed by atoms with Crippen LogP contribution in [0.4, 0.5) is 5.69 Å². The van der Waals surface area contributed by atoms with Crippen molar-refractivity contribution >= 4 is 17.3 Å². The quantitative estimate of drug-likeness (QED) is 0.828. The van der Waals surface area contributed by atoms with Crippen molar-refractivity contribution in [2.24, 2.45) is 5.16 Å². The van der Waals surface area contributed by atoms with Gasteiger partial charge in [0.2, 0.25) is 5.91 Å². The molecule has 2 aromatic carbocycles. The van der Waals surface area contributed by atoms with Crippen molar-refractivity contribution < 1.29 is 9.63 Å². The molecule has 0 bridgehead atoms. The van der Waals surface area contributed by atoms with E-state index in [9.17, 15) is 4.79 Å². The van der Waals surface area contributed by atoms with Crippen LogP contribution >= 0.6 is 0 Å². The Kier molecular flexibility index (Phi) is 4.20. The van der Waals surface area contributed by atoms with Crippen molar-refractivity contribution in [3.05, 3.63) is 65.7 Å². The minimum atomic E-state index is -0.343. The Balaban J connectivity index is 1.23. The van der Waals surface area contributed by atoms with Gasteiger partial charge >= 0.3 is 0 Å². The molecule has 144 valence electrons. The molecular formula is C23H25N3O2. The van der Waals surface area contributed by atoms with Gasteiger partial charge in [-0.1, -0.05) is 53.7 Å². The molecule has 5 nitrogen and oxygen atoms in total. The molecule has 0 aromatic heterocycles. The second-order valence-electron chi connectivity index (χ2n) is 8.10. The molecule has 3 aliphatic heterocycles. The van der Waals surface area contributed by atoms with E-state index in [1.165, 1.54) is 5.56 Å². The molecule has 1 atom stereocenters. The lowest BCUT2D eigenvalue weighted by Gasteiger charge is -2.38. The summed E-state index contributed by atoms with van der Waals surface area (Å²) >= 11 is 0. The number of nitrogens with zero attached hydrogens (tertiary/aromatic N) is 3. The van der Waals surface area contributed by atoms with Crippen molar-refractivity contribution in [1.82, 2.24) is 4.90 Å². The van der Waals surface area contributed by atoms with Gasteiger partial charge in [0.25, 0.3) is 0 Å². The lowest BCUT2D eigenvalue weighted by molar-refractivity contribution is -0.124. The molecule has 0 radical (unpaired) electrons. The number of oxime groups is 1. The van der Waals surface area contributed by atoms with Gasteiger partial charge in [0.15, 0.2) is 0 Å². The van der Waals surface area contributed by atoms with Crippen molar-refractivity contribution in [3.63, 3.8) is 0 Å². The van der Waals surface area contributed by atoms with Crippen LogP contribution in [0.2, 0.25) is 0 Å². The van der Waals surface area contributed by atoms with E-state index in [4.69, 9.17) is 4.84 Å². The van der Waals surface area contributed by atoms with Gasteiger partial charge in [-0.05, 0) is 43.1 Å². The Bertz CT molecular complexity index is 916. The molecule has 0 aliphatic carbocycles. The van der Waals surface area contributed by atoms with Gasteiger partial charge in [-0.3, -0.25) is 9.69 Å². The van der Waals surface area contributed by atoms with Crippen LogP contribution in [0.5, 0.6) is 0 Å². The maximum atomic E-state index is 13.1. The summed E-state index contributed by atoms with van der Waals surface area (Å²) in [6, 6.07) is 18.5. The number of rotatable bonds is 3. The van der Waals surface area contributed by atoms with Gasteiger partial charge < -0.3 is 9.74 Å². The van der Waals surface area contributed by atoms with Crippen LogP contribution in [-0.2, 0) is 15.0 Å². The fourth-order valence-corrected chi connectivity index (χ4v) is 4.93. The third-order valence-corrected chi connectivity index (χ3v) is 6.51. The molecule has 0 unspecified atom stereocenters. The van der Waals surface area contributed by atoms with Crippen LogP contribution in [0.1, 0.15) is 30.4 Å². The average Bonchev–Trinajstić information content (AvgIpc) is 3.29. The number of hydrogen-bond acceptors (Lipinski definition) is 4. The van der Waals surface area contributed by atoms with E-state index >= 15 is 0 Å². The number of carbonyl (C=O) groups is 1. The van der Waals surface area contributed by atoms with Gasteiger partial charge in [0.1, 0.15) is 6.10 Å². The minimum Gasteiger partial charge on any atom is -0.390 e. The van der Waals surface area contributed by atoms with Crippen LogP contribution in [0.3, 0.4) is 0 Å². The van der Waals surface area contributed by atoms with E-state index in [1.54, 1.807) is 0 Å². The summed E-state index contributed by atoms with van der Waals surface area (Å²) in [5.41, 5.74) is 4.10. The van der Waals surface area contributed by atoms with Gasteiger partial charge in [0.05, 0.1) is 11.1 Å². The molecule has 3 aliphatic rings. The zero-order chi connectivity index (χ0) is 19.1.